The van der Waals surface area contributed by atoms with E-state index in [0.29, 0.717) is 31.3 Å². The first-order valence-corrected chi connectivity index (χ1v) is 10.9. The first-order chi connectivity index (χ1) is 13.9. The van der Waals surface area contributed by atoms with E-state index < -0.39 is 6.10 Å². The first-order valence-electron chi connectivity index (χ1n) is 10.9. The summed E-state index contributed by atoms with van der Waals surface area (Å²) in [6, 6.07) is 0. The second kappa shape index (κ2) is 12.3. The maximum absolute atomic E-state index is 12.6. The van der Waals surface area contributed by atoms with E-state index in [0.717, 1.165) is 52.1 Å². The topological polar surface area (TPSA) is 82.3 Å². The minimum atomic E-state index is -0.460. The molecule has 1 saturated heterocycles. The number of nitrogens with zero attached hydrogens (tertiary/aromatic N) is 4. The highest BCUT2D eigenvalue weighted by Crippen LogP contribution is 2.12. The Hall–Kier alpha value is -1.48. The van der Waals surface area contributed by atoms with Crippen LogP contribution in [0.3, 0.4) is 0 Å². The van der Waals surface area contributed by atoms with Crippen LogP contribution in [-0.2, 0) is 11.3 Å². The van der Waals surface area contributed by atoms with E-state index in [2.05, 4.69) is 28.6 Å². The van der Waals surface area contributed by atoms with Gasteiger partial charge in [0.15, 0.2) is 5.69 Å². The number of carbonyl (C=O) groups excluding carboxylic acids is 1. The molecule has 0 aromatic carbocycles. The van der Waals surface area contributed by atoms with E-state index in [9.17, 15) is 9.90 Å². The summed E-state index contributed by atoms with van der Waals surface area (Å²) in [5.74, 6) is 0.534. The fourth-order valence-electron chi connectivity index (χ4n) is 3.47. The quantitative estimate of drug-likeness (QED) is 0.563. The molecular weight excluding hydrogens is 372 g/mol. The maximum atomic E-state index is 12.6. The molecule has 0 radical (unpaired) electrons. The molecule has 1 aliphatic rings. The molecule has 2 rings (SSSR count). The predicted octanol–water partition coefficient (Wildman–Crippen LogP) is 1.84. The summed E-state index contributed by atoms with van der Waals surface area (Å²) in [4.78, 5) is 23.4. The Morgan fingerprint density at radius 3 is 2.41 bits per heavy atom. The lowest BCUT2D eigenvalue weighted by Gasteiger charge is -2.35. The summed E-state index contributed by atoms with van der Waals surface area (Å²) in [6.07, 6.45) is 3.02. The van der Waals surface area contributed by atoms with Crippen LogP contribution in [0.15, 0.2) is 10.7 Å². The van der Waals surface area contributed by atoms with Crippen LogP contribution >= 0.6 is 0 Å². The van der Waals surface area contributed by atoms with Gasteiger partial charge in [-0.3, -0.25) is 14.6 Å². The van der Waals surface area contributed by atoms with Gasteiger partial charge in [0.1, 0.15) is 6.26 Å². The molecule has 1 fully saturated rings. The molecule has 1 aromatic heterocycles. The molecule has 8 nitrogen and oxygen atoms in total. The van der Waals surface area contributed by atoms with Crippen LogP contribution in [-0.4, -0.2) is 95.3 Å². The Labute approximate surface area is 174 Å². The van der Waals surface area contributed by atoms with Crippen LogP contribution in [0.4, 0.5) is 0 Å². The van der Waals surface area contributed by atoms with Gasteiger partial charge in [-0.25, -0.2) is 4.98 Å². The highest BCUT2D eigenvalue weighted by atomic mass is 16.5. The zero-order chi connectivity index (χ0) is 21.2. The first kappa shape index (κ1) is 23.8. The molecule has 1 amide bonds. The van der Waals surface area contributed by atoms with Crippen molar-refractivity contribution in [3.05, 3.63) is 17.8 Å². The number of piperazine rings is 1. The van der Waals surface area contributed by atoms with Crippen LogP contribution in [0.2, 0.25) is 0 Å². The van der Waals surface area contributed by atoms with E-state index in [1.807, 2.05) is 18.7 Å². The number of amides is 1. The van der Waals surface area contributed by atoms with Crippen molar-refractivity contribution >= 4 is 5.91 Å². The van der Waals surface area contributed by atoms with E-state index in [1.165, 1.54) is 6.26 Å². The third kappa shape index (κ3) is 8.04. The molecule has 2 heterocycles. The molecule has 1 aliphatic heterocycles. The van der Waals surface area contributed by atoms with Gasteiger partial charge in [0, 0.05) is 45.8 Å². The zero-order valence-corrected chi connectivity index (χ0v) is 18.5. The largest absolute Gasteiger partial charge is 0.447 e. The van der Waals surface area contributed by atoms with Crippen molar-refractivity contribution in [1.29, 1.82) is 0 Å². The molecule has 8 heteroatoms. The summed E-state index contributed by atoms with van der Waals surface area (Å²) in [7, 11) is 0. The Kier molecular flexibility index (Phi) is 10.1. The molecule has 0 saturated carbocycles. The molecule has 1 N–H and O–H groups in total. The van der Waals surface area contributed by atoms with Crippen LogP contribution < -0.4 is 0 Å². The van der Waals surface area contributed by atoms with Gasteiger partial charge in [-0.2, -0.15) is 0 Å². The van der Waals surface area contributed by atoms with E-state index in [-0.39, 0.29) is 12.0 Å². The van der Waals surface area contributed by atoms with Gasteiger partial charge in [-0.1, -0.05) is 13.8 Å². The summed E-state index contributed by atoms with van der Waals surface area (Å²) >= 11 is 0. The smallest absolute Gasteiger partial charge is 0.275 e. The molecule has 29 heavy (non-hydrogen) atoms. The maximum Gasteiger partial charge on any atom is 0.275 e. The second-order valence-electron chi connectivity index (χ2n) is 8.03. The van der Waals surface area contributed by atoms with Gasteiger partial charge in [0.2, 0.25) is 5.89 Å². The second-order valence-corrected chi connectivity index (χ2v) is 8.03. The Bertz CT molecular complexity index is 593. The van der Waals surface area contributed by atoms with E-state index in [1.54, 1.807) is 0 Å². The average Bonchev–Trinajstić information content (AvgIpc) is 3.15. The van der Waals surface area contributed by atoms with Crippen LogP contribution in [0.5, 0.6) is 0 Å². The summed E-state index contributed by atoms with van der Waals surface area (Å²) < 4.78 is 11.0. The Morgan fingerprint density at radius 1 is 1.21 bits per heavy atom. The number of ether oxygens (including phenoxy) is 1. The molecule has 1 atom stereocenters. The Morgan fingerprint density at radius 2 is 1.83 bits per heavy atom. The summed E-state index contributed by atoms with van der Waals surface area (Å²) in [5.41, 5.74) is 0.397. The minimum Gasteiger partial charge on any atom is -0.447 e. The minimum absolute atomic E-state index is 0.0499. The van der Waals surface area contributed by atoms with Crippen LogP contribution in [0, 0.1) is 0 Å². The zero-order valence-electron chi connectivity index (χ0n) is 18.5. The molecular formula is C21H38N4O4. The van der Waals surface area contributed by atoms with Crippen molar-refractivity contribution in [2.75, 3.05) is 52.4 Å². The fourth-order valence-corrected chi connectivity index (χ4v) is 3.47. The van der Waals surface area contributed by atoms with Crippen molar-refractivity contribution in [3.8, 4) is 0 Å². The number of carbonyl (C=O) groups is 1. The average molecular weight is 411 g/mol. The summed E-state index contributed by atoms with van der Waals surface area (Å²) in [6.45, 7) is 14.7. The highest BCUT2D eigenvalue weighted by molar-refractivity contribution is 5.91. The normalized spacial score (nSPS) is 17.0. The van der Waals surface area contributed by atoms with Crippen LogP contribution in [0.1, 0.15) is 56.9 Å². The van der Waals surface area contributed by atoms with E-state index >= 15 is 0 Å². The van der Waals surface area contributed by atoms with Gasteiger partial charge in [0.05, 0.1) is 25.4 Å². The lowest BCUT2D eigenvalue weighted by atomic mass is 10.2. The van der Waals surface area contributed by atoms with Crippen molar-refractivity contribution in [2.24, 2.45) is 0 Å². The third-order valence-electron chi connectivity index (χ3n) is 4.96. The Balaban J connectivity index is 1.77. The van der Waals surface area contributed by atoms with Crippen LogP contribution in [0.25, 0.3) is 0 Å². The molecule has 0 aliphatic carbocycles. The van der Waals surface area contributed by atoms with Gasteiger partial charge in [0.25, 0.3) is 5.91 Å². The van der Waals surface area contributed by atoms with E-state index in [4.69, 9.17) is 9.15 Å². The fraction of sp³-hybridized carbons (Fsp3) is 0.810. The molecule has 166 valence electrons. The number of rotatable bonds is 12. The summed E-state index contributed by atoms with van der Waals surface area (Å²) in [5, 5.41) is 10.1. The molecule has 0 bridgehead atoms. The van der Waals surface area contributed by atoms with Crippen molar-refractivity contribution < 1.29 is 19.1 Å². The van der Waals surface area contributed by atoms with Gasteiger partial charge >= 0.3 is 0 Å². The van der Waals surface area contributed by atoms with Gasteiger partial charge in [-0.05, 0) is 26.7 Å². The number of hydrogen-bond acceptors (Lipinski definition) is 7. The lowest BCUT2D eigenvalue weighted by molar-refractivity contribution is -0.0151. The van der Waals surface area contributed by atoms with Crippen molar-refractivity contribution in [1.82, 2.24) is 19.7 Å². The SMILES string of the molecule is CCCN(CCC)C(=O)c1coc(CN2CCN(C[C@H](O)COC(C)C)CC2)n1. The van der Waals surface area contributed by atoms with Gasteiger partial charge in [-0.15, -0.1) is 0 Å². The number of aliphatic hydroxyl groups is 1. The van der Waals surface area contributed by atoms with Gasteiger partial charge < -0.3 is 19.2 Å². The molecule has 0 unspecified atom stereocenters. The predicted molar refractivity (Wildman–Crippen MR) is 112 cm³/mol. The standard InChI is InChI=1S/C21H38N4O4/c1-5-7-25(8-6-2)21(27)19-16-29-20(22-19)14-24-11-9-23(10-12-24)13-18(26)15-28-17(3)4/h16-18,26H,5-15H2,1-4H3/t18-/m0/s1. The lowest BCUT2D eigenvalue weighted by Crippen LogP contribution is -2.48. The third-order valence-corrected chi connectivity index (χ3v) is 4.96. The monoisotopic (exact) mass is 410 g/mol. The highest BCUT2D eigenvalue weighted by Gasteiger charge is 2.23. The number of hydrogen-bond donors (Lipinski definition) is 1. The van der Waals surface area contributed by atoms with Crippen molar-refractivity contribution in [2.45, 2.75) is 59.3 Å². The molecule has 0 spiro atoms. The number of aromatic nitrogens is 1. The number of β-amino-alcohol motifs (C(OH)–C–C–N with tert-alkyl or cyclic N) is 1. The molecule has 1 aromatic rings. The van der Waals surface area contributed by atoms with Crippen molar-refractivity contribution in [3.63, 3.8) is 0 Å². The number of oxazole rings is 1. The number of aliphatic hydroxyl groups excluding tert-OH is 1.